The Morgan fingerprint density at radius 2 is 1.71 bits per heavy atom. The first-order valence-electron chi connectivity index (χ1n) is 11.9. The lowest BCUT2D eigenvalue weighted by Gasteiger charge is -2.41. The molecule has 2 aromatic rings. The van der Waals surface area contributed by atoms with Gasteiger partial charge in [-0.2, -0.15) is 0 Å². The van der Waals surface area contributed by atoms with E-state index in [2.05, 4.69) is 36.5 Å². The largest absolute Gasteiger partial charge is 0.481 e. The van der Waals surface area contributed by atoms with Crippen LogP contribution in [0.4, 0.5) is 4.79 Å². The SMILES string of the molecule is CC1CCCC(NC(=O)OCC2c3ccccc3-c3ccccc32)(C(=O)N(C)CCC(=O)O)C1. The Bertz CT molecular complexity index is 1040. The van der Waals surface area contributed by atoms with Crippen molar-refractivity contribution in [2.45, 2.75) is 50.5 Å². The van der Waals surface area contributed by atoms with E-state index in [1.807, 2.05) is 24.3 Å². The van der Waals surface area contributed by atoms with Crippen LogP contribution < -0.4 is 5.32 Å². The number of benzene rings is 2. The molecule has 0 radical (unpaired) electrons. The second-order valence-electron chi connectivity index (χ2n) is 9.60. The minimum Gasteiger partial charge on any atom is -0.481 e. The van der Waals surface area contributed by atoms with Gasteiger partial charge in [0.1, 0.15) is 12.1 Å². The Morgan fingerprint density at radius 3 is 2.29 bits per heavy atom. The molecule has 4 rings (SSSR count). The van der Waals surface area contributed by atoms with Crippen molar-refractivity contribution >= 4 is 18.0 Å². The lowest BCUT2D eigenvalue weighted by Crippen LogP contribution is -2.61. The van der Waals surface area contributed by atoms with Gasteiger partial charge in [0.2, 0.25) is 5.91 Å². The first-order chi connectivity index (χ1) is 16.3. The maximum Gasteiger partial charge on any atom is 0.408 e. The Labute approximate surface area is 200 Å². The molecule has 1 saturated carbocycles. The van der Waals surface area contributed by atoms with Crippen molar-refractivity contribution in [1.82, 2.24) is 10.2 Å². The predicted octanol–water partition coefficient (Wildman–Crippen LogP) is 4.41. The van der Waals surface area contributed by atoms with Crippen molar-refractivity contribution in [3.05, 3.63) is 59.7 Å². The second kappa shape index (κ2) is 9.87. The van der Waals surface area contributed by atoms with Gasteiger partial charge in [-0.1, -0.05) is 68.3 Å². The summed E-state index contributed by atoms with van der Waals surface area (Å²) in [6.45, 7) is 2.34. The molecule has 0 bridgehead atoms. The van der Waals surface area contributed by atoms with E-state index in [9.17, 15) is 14.4 Å². The molecule has 180 valence electrons. The first kappa shape index (κ1) is 23.8. The van der Waals surface area contributed by atoms with Gasteiger partial charge in [0.15, 0.2) is 0 Å². The topological polar surface area (TPSA) is 95.9 Å². The molecule has 34 heavy (non-hydrogen) atoms. The Morgan fingerprint density at radius 1 is 1.09 bits per heavy atom. The number of carboxylic acid groups (broad SMARTS) is 1. The number of ether oxygens (including phenoxy) is 1. The van der Waals surface area contributed by atoms with Crippen LogP contribution in [0.3, 0.4) is 0 Å². The summed E-state index contributed by atoms with van der Waals surface area (Å²) in [7, 11) is 1.59. The molecule has 0 heterocycles. The van der Waals surface area contributed by atoms with Crippen LogP contribution in [0.5, 0.6) is 0 Å². The molecule has 0 spiro atoms. The molecule has 0 aliphatic heterocycles. The number of aliphatic carboxylic acids is 1. The van der Waals surface area contributed by atoms with Crippen molar-refractivity contribution < 1.29 is 24.2 Å². The summed E-state index contributed by atoms with van der Waals surface area (Å²) in [5.74, 6) is -1.02. The highest BCUT2D eigenvalue weighted by molar-refractivity contribution is 5.90. The Kier molecular flexibility index (Phi) is 6.91. The number of hydrogen-bond donors (Lipinski definition) is 2. The van der Waals surface area contributed by atoms with Gasteiger partial charge >= 0.3 is 12.1 Å². The lowest BCUT2D eigenvalue weighted by molar-refractivity contribution is -0.141. The van der Waals surface area contributed by atoms with Crippen molar-refractivity contribution in [1.29, 1.82) is 0 Å². The number of nitrogens with one attached hydrogen (secondary N) is 1. The third-order valence-corrected chi connectivity index (χ3v) is 7.10. The average molecular weight is 465 g/mol. The smallest absolute Gasteiger partial charge is 0.408 e. The molecule has 2 N–H and O–H groups in total. The normalized spacial score (nSPS) is 21.3. The van der Waals surface area contributed by atoms with Crippen LogP contribution in [0, 0.1) is 5.92 Å². The van der Waals surface area contributed by atoms with Gasteiger partial charge in [0.05, 0.1) is 6.42 Å². The molecule has 2 aliphatic rings. The summed E-state index contributed by atoms with van der Waals surface area (Å²) in [5.41, 5.74) is 3.48. The number of carbonyl (C=O) groups excluding carboxylic acids is 2. The zero-order chi connectivity index (χ0) is 24.3. The number of likely N-dealkylation sites (N-methyl/N-ethyl adjacent to an activating group) is 1. The van der Waals surface area contributed by atoms with E-state index in [0.717, 1.165) is 35.1 Å². The number of carbonyl (C=O) groups is 3. The fourth-order valence-corrected chi connectivity index (χ4v) is 5.47. The maximum atomic E-state index is 13.4. The molecule has 2 amide bonds. The summed E-state index contributed by atoms with van der Waals surface area (Å²) in [4.78, 5) is 38.7. The third kappa shape index (κ3) is 4.79. The Hall–Kier alpha value is -3.35. The van der Waals surface area contributed by atoms with Crippen LogP contribution in [-0.4, -0.2) is 53.7 Å². The number of hydrogen-bond acceptors (Lipinski definition) is 4. The van der Waals surface area contributed by atoms with E-state index in [-0.39, 0.29) is 37.3 Å². The highest BCUT2D eigenvalue weighted by atomic mass is 16.5. The average Bonchev–Trinajstić information content (AvgIpc) is 3.14. The predicted molar refractivity (Wildman–Crippen MR) is 128 cm³/mol. The van der Waals surface area contributed by atoms with E-state index >= 15 is 0 Å². The molecule has 2 atom stereocenters. The quantitative estimate of drug-likeness (QED) is 0.633. The van der Waals surface area contributed by atoms with Crippen LogP contribution in [0.25, 0.3) is 11.1 Å². The monoisotopic (exact) mass is 464 g/mol. The molecule has 0 saturated heterocycles. The Balaban J connectivity index is 1.48. The van der Waals surface area contributed by atoms with E-state index in [0.29, 0.717) is 12.8 Å². The highest BCUT2D eigenvalue weighted by Gasteiger charge is 2.45. The van der Waals surface area contributed by atoms with E-state index < -0.39 is 17.6 Å². The first-order valence-corrected chi connectivity index (χ1v) is 11.9. The molecular weight excluding hydrogens is 432 g/mol. The van der Waals surface area contributed by atoms with Gasteiger partial charge in [-0.3, -0.25) is 9.59 Å². The minimum absolute atomic E-state index is 0.0617. The van der Waals surface area contributed by atoms with Gasteiger partial charge in [-0.25, -0.2) is 4.79 Å². The van der Waals surface area contributed by atoms with Crippen molar-refractivity contribution in [3.63, 3.8) is 0 Å². The highest BCUT2D eigenvalue weighted by Crippen LogP contribution is 2.44. The van der Waals surface area contributed by atoms with Crippen molar-refractivity contribution in [2.75, 3.05) is 20.2 Å². The van der Waals surface area contributed by atoms with E-state index in [1.165, 1.54) is 4.90 Å². The zero-order valence-corrected chi connectivity index (χ0v) is 19.8. The zero-order valence-electron chi connectivity index (χ0n) is 19.8. The molecular formula is C27H32N2O5. The van der Waals surface area contributed by atoms with Gasteiger partial charge in [0, 0.05) is 19.5 Å². The van der Waals surface area contributed by atoms with Gasteiger partial charge in [-0.05, 0) is 41.0 Å². The van der Waals surface area contributed by atoms with Gasteiger partial charge < -0.3 is 20.1 Å². The van der Waals surface area contributed by atoms with Gasteiger partial charge in [0.25, 0.3) is 0 Å². The third-order valence-electron chi connectivity index (χ3n) is 7.10. The second-order valence-corrected chi connectivity index (χ2v) is 9.60. The van der Waals surface area contributed by atoms with Crippen LogP contribution in [-0.2, 0) is 14.3 Å². The molecule has 7 nitrogen and oxygen atoms in total. The maximum absolute atomic E-state index is 13.4. The number of amides is 2. The lowest BCUT2D eigenvalue weighted by atomic mass is 9.75. The number of alkyl carbamates (subject to hydrolysis) is 1. The summed E-state index contributed by atoms with van der Waals surface area (Å²) in [5, 5.41) is 11.9. The number of carboxylic acids is 1. The van der Waals surface area contributed by atoms with Crippen LogP contribution in [0.1, 0.15) is 56.1 Å². The van der Waals surface area contributed by atoms with E-state index in [1.54, 1.807) is 7.05 Å². The number of nitrogens with zero attached hydrogens (tertiary/aromatic N) is 1. The van der Waals surface area contributed by atoms with E-state index in [4.69, 9.17) is 9.84 Å². The van der Waals surface area contributed by atoms with Crippen molar-refractivity contribution in [3.8, 4) is 11.1 Å². The molecule has 7 heteroatoms. The number of rotatable bonds is 7. The molecule has 2 aliphatic carbocycles. The summed E-state index contributed by atoms with van der Waals surface area (Å²) in [6, 6.07) is 16.3. The van der Waals surface area contributed by atoms with Gasteiger partial charge in [-0.15, -0.1) is 0 Å². The summed E-state index contributed by atoms with van der Waals surface area (Å²) < 4.78 is 5.72. The van der Waals surface area contributed by atoms with Crippen LogP contribution in [0.2, 0.25) is 0 Å². The minimum atomic E-state index is -1.08. The molecule has 1 fully saturated rings. The fourth-order valence-electron chi connectivity index (χ4n) is 5.47. The molecule has 0 aromatic heterocycles. The molecule has 2 aromatic carbocycles. The fraction of sp³-hybridized carbons (Fsp3) is 0.444. The van der Waals surface area contributed by atoms with Crippen LogP contribution >= 0.6 is 0 Å². The van der Waals surface area contributed by atoms with Crippen molar-refractivity contribution in [2.24, 2.45) is 5.92 Å². The van der Waals surface area contributed by atoms with Crippen LogP contribution in [0.15, 0.2) is 48.5 Å². The summed E-state index contributed by atoms with van der Waals surface area (Å²) in [6.07, 6.45) is 2.06. The summed E-state index contributed by atoms with van der Waals surface area (Å²) >= 11 is 0. The number of fused-ring (bicyclic) bond motifs is 3. The standard InChI is InChI=1S/C27H32N2O5/c1-18-8-7-14-27(16-18,25(32)29(2)15-13-24(30)31)28-26(33)34-17-23-21-11-5-3-9-19(21)20-10-4-6-12-22(20)23/h3-6,9-12,18,23H,7-8,13-17H2,1-2H3,(H,28,33)(H,30,31). The molecule has 2 unspecified atom stereocenters.